The molecule has 0 radical (unpaired) electrons. The largest absolute Gasteiger partial charge is 0.508 e. The molecule has 4 aromatic carbocycles. The zero-order valence-electron chi connectivity index (χ0n) is 20.2. The van der Waals surface area contributed by atoms with Crippen LogP contribution in [0.5, 0.6) is 5.75 Å². The van der Waals surface area contributed by atoms with Crippen LogP contribution in [-0.4, -0.2) is 12.2 Å². The molecule has 0 aromatic heterocycles. The highest BCUT2D eigenvalue weighted by atomic mass is 16.3. The molecule has 0 atom stereocenters. The van der Waals surface area contributed by atoms with Gasteiger partial charge in [-0.05, 0) is 90.9 Å². The van der Waals surface area contributed by atoms with Gasteiger partial charge in [0.05, 0.1) is 0 Å². The Labute approximate surface area is 208 Å². The molecule has 1 N–H and O–H groups in total. The molecule has 0 aliphatic heterocycles. The fourth-order valence-electron chi connectivity index (χ4n) is 4.05. The quantitative estimate of drug-likeness (QED) is 0.268. The lowest BCUT2D eigenvalue weighted by atomic mass is 10.0. The van der Waals surface area contributed by atoms with Crippen LogP contribution in [0, 0.1) is 0 Å². The SMILES string of the molecule is C=C/C=C(\C=C/C)N(c1ccc(N(C)c2ccc(O)cc2)cc1)c1cccc(-c2ccccc2)c1. The summed E-state index contributed by atoms with van der Waals surface area (Å²) in [5, 5.41) is 9.60. The molecule has 0 amide bonds. The van der Waals surface area contributed by atoms with Crippen LogP contribution in [0.25, 0.3) is 11.1 Å². The van der Waals surface area contributed by atoms with Crippen LogP contribution < -0.4 is 9.80 Å². The Hall–Kier alpha value is -4.50. The highest BCUT2D eigenvalue weighted by Crippen LogP contribution is 2.35. The Morgan fingerprint density at radius 1 is 0.714 bits per heavy atom. The molecule has 0 unspecified atom stereocenters. The molecule has 0 bridgehead atoms. The molecule has 35 heavy (non-hydrogen) atoms. The van der Waals surface area contributed by atoms with Crippen molar-refractivity contribution in [2.45, 2.75) is 6.92 Å². The highest BCUT2D eigenvalue weighted by molar-refractivity contribution is 5.77. The summed E-state index contributed by atoms with van der Waals surface area (Å²) in [6.45, 7) is 5.95. The van der Waals surface area contributed by atoms with E-state index >= 15 is 0 Å². The first kappa shape index (κ1) is 23.7. The van der Waals surface area contributed by atoms with Gasteiger partial charge in [-0.3, -0.25) is 0 Å². The molecule has 4 aromatic rings. The average Bonchev–Trinajstić information content (AvgIpc) is 2.90. The number of hydrogen-bond donors (Lipinski definition) is 1. The van der Waals surface area contributed by atoms with Crippen LogP contribution in [0.15, 0.2) is 140 Å². The third kappa shape index (κ3) is 5.53. The van der Waals surface area contributed by atoms with Crippen molar-refractivity contribution in [3.63, 3.8) is 0 Å². The van der Waals surface area contributed by atoms with Gasteiger partial charge in [0.15, 0.2) is 0 Å². The number of hydrogen-bond acceptors (Lipinski definition) is 3. The molecule has 0 aliphatic carbocycles. The minimum atomic E-state index is 0.261. The molecule has 4 rings (SSSR count). The number of anilines is 4. The second-order valence-electron chi connectivity index (χ2n) is 8.17. The van der Waals surface area contributed by atoms with Crippen molar-refractivity contribution in [1.82, 2.24) is 0 Å². The third-order valence-corrected chi connectivity index (χ3v) is 5.83. The molecule has 0 saturated carbocycles. The molecule has 0 fully saturated rings. The first-order valence-electron chi connectivity index (χ1n) is 11.6. The normalized spacial score (nSPS) is 11.4. The Bertz CT molecular complexity index is 1320. The van der Waals surface area contributed by atoms with Crippen LogP contribution in [0.3, 0.4) is 0 Å². The van der Waals surface area contributed by atoms with E-state index in [9.17, 15) is 5.11 Å². The first-order chi connectivity index (χ1) is 17.1. The standard InChI is InChI=1S/C32H30N2O/c1-4-10-29(11-5-2)34(31-15-9-14-26(24-31)25-12-7-6-8-13-25)30-18-16-27(17-19-30)33(3)28-20-22-32(35)23-21-28/h4-24,35H,1H2,2-3H3/b11-5-,29-10+. The number of nitrogens with zero attached hydrogens (tertiary/aromatic N) is 2. The van der Waals surface area contributed by atoms with Crippen molar-refractivity contribution in [2.24, 2.45) is 0 Å². The number of rotatable bonds is 8. The molecule has 3 nitrogen and oxygen atoms in total. The smallest absolute Gasteiger partial charge is 0.115 e. The molecule has 0 heterocycles. The van der Waals surface area contributed by atoms with Gasteiger partial charge >= 0.3 is 0 Å². The van der Waals surface area contributed by atoms with E-state index in [4.69, 9.17) is 0 Å². The Balaban J connectivity index is 1.75. The van der Waals surface area contributed by atoms with E-state index in [1.54, 1.807) is 12.1 Å². The van der Waals surface area contributed by atoms with Crippen LogP contribution in [-0.2, 0) is 0 Å². The lowest BCUT2D eigenvalue weighted by Gasteiger charge is -2.28. The topological polar surface area (TPSA) is 26.7 Å². The highest BCUT2D eigenvalue weighted by Gasteiger charge is 2.14. The number of aromatic hydroxyl groups is 1. The molecular weight excluding hydrogens is 428 g/mol. The van der Waals surface area contributed by atoms with Crippen LogP contribution >= 0.6 is 0 Å². The van der Waals surface area contributed by atoms with Crippen molar-refractivity contribution in [3.05, 3.63) is 140 Å². The van der Waals surface area contributed by atoms with Gasteiger partial charge in [-0.1, -0.05) is 61.2 Å². The third-order valence-electron chi connectivity index (χ3n) is 5.83. The Morgan fingerprint density at radius 3 is 1.94 bits per heavy atom. The summed E-state index contributed by atoms with van der Waals surface area (Å²) in [4.78, 5) is 4.33. The fourth-order valence-corrected chi connectivity index (χ4v) is 4.05. The van der Waals surface area contributed by atoms with Crippen molar-refractivity contribution in [1.29, 1.82) is 0 Å². The molecule has 0 aliphatic rings. The van der Waals surface area contributed by atoms with Crippen molar-refractivity contribution in [3.8, 4) is 16.9 Å². The predicted octanol–water partition coefficient (Wildman–Crippen LogP) is 8.61. The minimum absolute atomic E-state index is 0.261. The minimum Gasteiger partial charge on any atom is -0.508 e. The van der Waals surface area contributed by atoms with Crippen LogP contribution in [0.4, 0.5) is 22.7 Å². The summed E-state index contributed by atoms with van der Waals surface area (Å²) in [6.07, 6.45) is 7.96. The number of phenols is 1. The molecule has 0 saturated heterocycles. The van der Waals surface area contributed by atoms with Gasteiger partial charge in [0.2, 0.25) is 0 Å². The van der Waals surface area contributed by atoms with E-state index < -0.39 is 0 Å². The van der Waals surface area contributed by atoms with Gasteiger partial charge in [0, 0.05) is 35.5 Å². The summed E-state index contributed by atoms with van der Waals surface area (Å²) in [5.74, 6) is 0.261. The van der Waals surface area contributed by atoms with Crippen LogP contribution in [0.1, 0.15) is 6.92 Å². The van der Waals surface area contributed by atoms with E-state index in [1.807, 2.05) is 50.4 Å². The zero-order chi connectivity index (χ0) is 24.6. The van der Waals surface area contributed by atoms with Gasteiger partial charge in [0.1, 0.15) is 5.75 Å². The summed E-state index contributed by atoms with van der Waals surface area (Å²) in [6, 6.07) is 34.7. The van der Waals surface area contributed by atoms with Gasteiger partial charge in [-0.25, -0.2) is 0 Å². The Kier molecular flexibility index (Phi) is 7.49. The summed E-state index contributed by atoms with van der Waals surface area (Å²) < 4.78 is 0. The lowest BCUT2D eigenvalue weighted by molar-refractivity contribution is 0.475. The van der Waals surface area contributed by atoms with E-state index in [2.05, 4.69) is 95.3 Å². The van der Waals surface area contributed by atoms with E-state index in [0.29, 0.717) is 0 Å². The maximum Gasteiger partial charge on any atom is 0.115 e. The fraction of sp³-hybridized carbons (Fsp3) is 0.0625. The average molecular weight is 459 g/mol. The molecule has 3 heteroatoms. The number of allylic oxidation sites excluding steroid dienone is 4. The first-order valence-corrected chi connectivity index (χ1v) is 11.6. The monoisotopic (exact) mass is 458 g/mol. The number of phenolic OH excluding ortho intramolecular Hbond substituents is 1. The number of benzene rings is 4. The van der Waals surface area contributed by atoms with Gasteiger partial charge in [-0.15, -0.1) is 0 Å². The van der Waals surface area contributed by atoms with Crippen molar-refractivity contribution in [2.75, 3.05) is 16.8 Å². The summed E-state index contributed by atoms with van der Waals surface area (Å²) in [7, 11) is 2.02. The van der Waals surface area contributed by atoms with E-state index in [-0.39, 0.29) is 5.75 Å². The van der Waals surface area contributed by atoms with Gasteiger partial charge < -0.3 is 14.9 Å². The van der Waals surface area contributed by atoms with Crippen LogP contribution in [0.2, 0.25) is 0 Å². The molecule has 174 valence electrons. The second kappa shape index (κ2) is 11.1. The van der Waals surface area contributed by atoms with E-state index in [0.717, 1.165) is 34.0 Å². The Morgan fingerprint density at radius 2 is 1.31 bits per heavy atom. The van der Waals surface area contributed by atoms with Gasteiger partial charge in [0.25, 0.3) is 0 Å². The van der Waals surface area contributed by atoms with Crippen molar-refractivity contribution >= 4 is 22.7 Å². The summed E-state index contributed by atoms with van der Waals surface area (Å²) >= 11 is 0. The maximum absolute atomic E-state index is 9.60. The molecular formula is C32H30N2O. The predicted molar refractivity (Wildman–Crippen MR) is 150 cm³/mol. The van der Waals surface area contributed by atoms with E-state index in [1.165, 1.54) is 5.56 Å². The zero-order valence-corrected chi connectivity index (χ0v) is 20.2. The lowest BCUT2D eigenvalue weighted by Crippen LogP contribution is -2.16. The summed E-state index contributed by atoms with van der Waals surface area (Å²) in [5.41, 5.74) is 7.53. The second-order valence-corrected chi connectivity index (χ2v) is 8.17. The van der Waals surface area contributed by atoms with Gasteiger partial charge in [-0.2, -0.15) is 0 Å². The van der Waals surface area contributed by atoms with Crippen molar-refractivity contribution < 1.29 is 5.11 Å². The maximum atomic E-state index is 9.60. The molecule has 0 spiro atoms.